The predicted octanol–water partition coefficient (Wildman–Crippen LogP) is 1.80. The van der Waals surface area contributed by atoms with Crippen molar-refractivity contribution in [2.75, 3.05) is 11.9 Å². The van der Waals surface area contributed by atoms with Gasteiger partial charge in [-0.2, -0.15) is 0 Å². The first kappa shape index (κ1) is 20.6. The van der Waals surface area contributed by atoms with Crippen molar-refractivity contribution in [1.29, 1.82) is 0 Å². The lowest BCUT2D eigenvalue weighted by molar-refractivity contribution is -0.137. The molecule has 0 spiro atoms. The number of hydrogen-bond donors (Lipinski definition) is 3. The fraction of sp³-hybridized carbons (Fsp3) is 0.200. The third kappa shape index (κ3) is 4.53. The normalized spacial score (nSPS) is 12.3. The summed E-state index contributed by atoms with van der Waals surface area (Å²) in [6, 6.07) is 9.80. The van der Waals surface area contributed by atoms with Gasteiger partial charge in [0.05, 0.1) is 24.1 Å². The Kier molecular flexibility index (Phi) is 6.15. The van der Waals surface area contributed by atoms with E-state index in [0.717, 1.165) is 0 Å². The Balaban J connectivity index is 0.000000207. The van der Waals surface area contributed by atoms with Gasteiger partial charge in [-0.3, -0.25) is 19.2 Å². The quantitative estimate of drug-likeness (QED) is 0.684. The van der Waals surface area contributed by atoms with Crippen molar-refractivity contribution in [1.82, 2.24) is 0 Å². The van der Waals surface area contributed by atoms with Gasteiger partial charge in [0, 0.05) is 12.6 Å². The van der Waals surface area contributed by atoms with Crippen molar-refractivity contribution < 1.29 is 34.5 Å². The minimum absolute atomic E-state index is 0.177. The molecule has 3 rings (SSSR count). The van der Waals surface area contributed by atoms with Gasteiger partial charge >= 0.3 is 11.9 Å². The molecule has 8 nitrogen and oxygen atoms in total. The zero-order valence-corrected chi connectivity index (χ0v) is 15.3. The fourth-order valence-electron chi connectivity index (χ4n) is 2.79. The maximum atomic E-state index is 11.2. The molecule has 28 heavy (non-hydrogen) atoms. The second kappa shape index (κ2) is 8.34. The summed E-state index contributed by atoms with van der Waals surface area (Å²) in [6.45, 7) is 1.68. The number of para-hydroxylation sites is 1. The van der Waals surface area contributed by atoms with Crippen LogP contribution in [0.15, 0.2) is 36.4 Å². The van der Waals surface area contributed by atoms with E-state index in [4.69, 9.17) is 10.2 Å². The monoisotopic (exact) mass is 385 g/mol. The van der Waals surface area contributed by atoms with Crippen molar-refractivity contribution >= 4 is 29.3 Å². The summed E-state index contributed by atoms with van der Waals surface area (Å²) in [4.78, 5) is 44.7. The molecule has 0 aromatic heterocycles. The number of aliphatic carboxylic acids is 2. The Morgan fingerprint density at radius 1 is 0.964 bits per heavy atom. The average molecular weight is 385 g/mol. The highest BCUT2D eigenvalue weighted by molar-refractivity contribution is 6.52. The molecule has 2 aromatic rings. The number of carbonyl (C=O) groups excluding carboxylic acids is 2. The van der Waals surface area contributed by atoms with E-state index >= 15 is 0 Å². The van der Waals surface area contributed by atoms with Crippen LogP contribution in [0.25, 0.3) is 0 Å². The van der Waals surface area contributed by atoms with Gasteiger partial charge in [-0.05, 0) is 36.2 Å². The van der Waals surface area contributed by atoms with Gasteiger partial charge in [0.1, 0.15) is 5.75 Å². The van der Waals surface area contributed by atoms with Crippen molar-refractivity contribution in [2.45, 2.75) is 19.8 Å². The van der Waals surface area contributed by atoms with Crippen LogP contribution < -0.4 is 4.90 Å². The van der Waals surface area contributed by atoms with Crippen LogP contribution in [0.4, 0.5) is 5.69 Å². The van der Waals surface area contributed by atoms with E-state index in [1.807, 2.05) is 0 Å². The maximum Gasteiger partial charge on any atom is 0.307 e. The first-order valence-electron chi connectivity index (χ1n) is 8.28. The summed E-state index contributed by atoms with van der Waals surface area (Å²) in [5.74, 6) is -3.07. The van der Waals surface area contributed by atoms with E-state index in [-0.39, 0.29) is 18.6 Å². The third-order valence-corrected chi connectivity index (χ3v) is 4.23. The molecule has 0 saturated heterocycles. The Morgan fingerprint density at radius 2 is 1.54 bits per heavy atom. The van der Waals surface area contributed by atoms with Crippen LogP contribution in [0.1, 0.15) is 27.0 Å². The van der Waals surface area contributed by atoms with Crippen molar-refractivity contribution in [3.63, 3.8) is 0 Å². The summed E-state index contributed by atoms with van der Waals surface area (Å²) >= 11 is 0. The molecule has 1 amide bonds. The van der Waals surface area contributed by atoms with E-state index in [2.05, 4.69) is 0 Å². The molecule has 0 radical (unpaired) electrons. The van der Waals surface area contributed by atoms with E-state index in [9.17, 15) is 24.3 Å². The Bertz CT molecular complexity index is 923. The van der Waals surface area contributed by atoms with Gasteiger partial charge < -0.3 is 20.2 Å². The highest BCUT2D eigenvalue weighted by Gasteiger charge is 2.32. The molecule has 0 aliphatic carbocycles. The number of rotatable bonds is 4. The highest BCUT2D eigenvalue weighted by atomic mass is 16.4. The third-order valence-electron chi connectivity index (χ3n) is 4.23. The fourth-order valence-corrected chi connectivity index (χ4v) is 2.79. The van der Waals surface area contributed by atoms with Crippen molar-refractivity contribution in [2.24, 2.45) is 0 Å². The second-order valence-corrected chi connectivity index (χ2v) is 6.26. The SMILES string of the molecule is CN1C(=O)C(=O)c2ccccc21.Cc1cc(CC(=O)O)c(O)cc1CC(=O)O. The molecule has 3 N–H and O–H groups in total. The minimum atomic E-state index is -1.04. The molecule has 1 aliphatic rings. The lowest BCUT2D eigenvalue weighted by Crippen LogP contribution is -2.24. The molecule has 0 bridgehead atoms. The number of carbonyl (C=O) groups is 4. The zero-order chi connectivity index (χ0) is 21.0. The number of benzene rings is 2. The van der Waals surface area contributed by atoms with E-state index < -0.39 is 23.6 Å². The largest absolute Gasteiger partial charge is 0.508 e. The van der Waals surface area contributed by atoms with Crippen LogP contribution in [0.3, 0.4) is 0 Å². The number of carboxylic acids is 2. The van der Waals surface area contributed by atoms with E-state index in [0.29, 0.717) is 27.9 Å². The van der Waals surface area contributed by atoms with Crippen LogP contribution in [0, 0.1) is 6.92 Å². The van der Waals surface area contributed by atoms with E-state index in [1.54, 1.807) is 38.2 Å². The standard InChI is InChI=1S/C11H12O5.C9H7NO2/c1-6-2-8(5-11(15)16)9(12)3-7(6)4-10(13)14;1-10-7-5-3-2-4-6(7)8(11)9(10)12/h2-3,12H,4-5H2,1H3,(H,13,14)(H,15,16);2-5H,1H3. The number of likely N-dealkylation sites (N-methyl/N-ethyl adjacent to an activating group) is 1. The molecule has 8 heteroatoms. The number of carboxylic acid groups (broad SMARTS) is 2. The summed E-state index contributed by atoms with van der Waals surface area (Å²) in [7, 11) is 1.60. The molecular weight excluding hydrogens is 366 g/mol. The smallest absolute Gasteiger partial charge is 0.307 e. The van der Waals surface area contributed by atoms with Gasteiger partial charge in [0.25, 0.3) is 11.7 Å². The summed E-state index contributed by atoms with van der Waals surface area (Å²) in [5.41, 5.74) is 2.65. The number of phenolic OH excluding ortho intramolecular Hbond substituents is 1. The van der Waals surface area contributed by atoms with Gasteiger partial charge in [-0.25, -0.2) is 0 Å². The number of aryl methyl sites for hydroxylation is 1. The van der Waals surface area contributed by atoms with Crippen LogP contribution in [0.2, 0.25) is 0 Å². The number of Topliss-reactive ketones (excluding diaryl/α,β-unsaturated/α-hetero) is 1. The molecular formula is C20H19NO7. The lowest BCUT2D eigenvalue weighted by Gasteiger charge is -2.08. The topological polar surface area (TPSA) is 132 Å². The molecule has 0 unspecified atom stereocenters. The molecule has 2 aromatic carbocycles. The van der Waals surface area contributed by atoms with Crippen molar-refractivity contribution in [3.8, 4) is 5.75 Å². The highest BCUT2D eigenvalue weighted by Crippen LogP contribution is 2.26. The summed E-state index contributed by atoms with van der Waals surface area (Å²) in [5, 5.41) is 26.7. The minimum Gasteiger partial charge on any atom is -0.508 e. The maximum absolute atomic E-state index is 11.2. The summed E-state index contributed by atoms with van der Waals surface area (Å²) in [6.07, 6.45) is -0.466. The summed E-state index contributed by atoms with van der Waals surface area (Å²) < 4.78 is 0. The number of ketones is 1. The van der Waals surface area contributed by atoms with Gasteiger partial charge in [0.15, 0.2) is 0 Å². The number of nitrogens with zero attached hydrogens (tertiary/aromatic N) is 1. The Hall–Kier alpha value is -3.68. The Morgan fingerprint density at radius 3 is 2.11 bits per heavy atom. The number of fused-ring (bicyclic) bond motifs is 1. The van der Waals surface area contributed by atoms with E-state index in [1.165, 1.54) is 17.0 Å². The molecule has 1 aliphatic heterocycles. The average Bonchev–Trinajstić information content (AvgIpc) is 2.84. The first-order chi connectivity index (χ1) is 13.1. The molecule has 0 saturated carbocycles. The number of hydrogen-bond acceptors (Lipinski definition) is 5. The second-order valence-electron chi connectivity index (χ2n) is 6.26. The molecule has 0 fully saturated rings. The number of phenols is 1. The van der Waals surface area contributed by atoms with Crippen LogP contribution in [-0.2, 0) is 27.2 Å². The van der Waals surface area contributed by atoms with Gasteiger partial charge in [0.2, 0.25) is 0 Å². The molecule has 1 heterocycles. The van der Waals surface area contributed by atoms with Gasteiger partial charge in [-0.15, -0.1) is 0 Å². The lowest BCUT2D eigenvalue weighted by atomic mass is 10.00. The van der Waals surface area contributed by atoms with Crippen LogP contribution in [-0.4, -0.2) is 46.0 Å². The first-order valence-corrected chi connectivity index (χ1v) is 8.28. The van der Waals surface area contributed by atoms with Gasteiger partial charge in [-0.1, -0.05) is 18.2 Å². The van der Waals surface area contributed by atoms with Crippen molar-refractivity contribution in [3.05, 3.63) is 58.7 Å². The molecule has 0 atom stereocenters. The number of aromatic hydroxyl groups is 1. The predicted molar refractivity (Wildman–Crippen MR) is 99.7 cm³/mol. The number of anilines is 1. The van der Waals surface area contributed by atoms with Crippen LogP contribution >= 0.6 is 0 Å². The van der Waals surface area contributed by atoms with Crippen LogP contribution in [0.5, 0.6) is 5.75 Å². The Labute approximate surface area is 160 Å². The number of amides is 1. The molecule has 146 valence electrons. The zero-order valence-electron chi connectivity index (χ0n) is 15.3.